The maximum atomic E-state index is 12.3. The summed E-state index contributed by atoms with van der Waals surface area (Å²) in [7, 11) is 1.95. The van der Waals surface area contributed by atoms with Crippen molar-refractivity contribution in [3.05, 3.63) is 51.0 Å². The molecule has 3 nitrogen and oxygen atoms in total. The van der Waals surface area contributed by atoms with Crippen molar-refractivity contribution < 1.29 is 4.79 Å². The van der Waals surface area contributed by atoms with Crippen LogP contribution in [0.25, 0.3) is 0 Å². The van der Waals surface area contributed by atoms with E-state index in [0.29, 0.717) is 13.1 Å². The number of hydrogen-bond donors (Lipinski definition) is 0. The lowest BCUT2D eigenvalue weighted by atomic mass is 10.0. The van der Waals surface area contributed by atoms with E-state index < -0.39 is 0 Å². The van der Waals surface area contributed by atoms with Gasteiger partial charge in [0.05, 0.1) is 17.2 Å². The lowest BCUT2D eigenvalue weighted by Crippen LogP contribution is -2.26. The van der Waals surface area contributed by atoms with Crippen molar-refractivity contribution in [3.8, 4) is 0 Å². The van der Waals surface area contributed by atoms with Gasteiger partial charge in [-0.1, -0.05) is 23.8 Å². The summed E-state index contributed by atoms with van der Waals surface area (Å²) in [5, 5.41) is 3.11. The Kier molecular flexibility index (Phi) is 4.68. The van der Waals surface area contributed by atoms with Crippen LogP contribution in [0, 0.1) is 20.8 Å². The van der Waals surface area contributed by atoms with Crippen molar-refractivity contribution in [1.29, 1.82) is 0 Å². The molecule has 0 amide bonds. The number of aromatic nitrogens is 1. The quantitative estimate of drug-likeness (QED) is 0.791. The fourth-order valence-electron chi connectivity index (χ4n) is 2.27. The first-order valence-electron chi connectivity index (χ1n) is 6.65. The van der Waals surface area contributed by atoms with Gasteiger partial charge >= 0.3 is 0 Å². The van der Waals surface area contributed by atoms with E-state index in [1.165, 1.54) is 5.56 Å². The molecule has 1 aromatic heterocycles. The number of ketones is 1. The van der Waals surface area contributed by atoms with Gasteiger partial charge in [-0.15, -0.1) is 11.3 Å². The van der Waals surface area contributed by atoms with Crippen LogP contribution in [-0.4, -0.2) is 29.3 Å². The minimum Gasteiger partial charge on any atom is -0.293 e. The van der Waals surface area contributed by atoms with Crippen LogP contribution in [0.2, 0.25) is 0 Å². The van der Waals surface area contributed by atoms with Crippen molar-refractivity contribution in [2.75, 3.05) is 13.6 Å². The van der Waals surface area contributed by atoms with Gasteiger partial charge in [0.1, 0.15) is 0 Å². The van der Waals surface area contributed by atoms with E-state index >= 15 is 0 Å². The molecule has 0 aliphatic heterocycles. The minimum atomic E-state index is 0.164. The van der Waals surface area contributed by atoms with Gasteiger partial charge in [-0.3, -0.25) is 9.69 Å². The Bertz CT molecular complexity index is 619. The van der Waals surface area contributed by atoms with Crippen LogP contribution >= 0.6 is 11.3 Å². The number of aryl methyl sites for hydroxylation is 3. The summed E-state index contributed by atoms with van der Waals surface area (Å²) in [6.07, 6.45) is 0. The zero-order chi connectivity index (χ0) is 14.7. The van der Waals surface area contributed by atoms with Gasteiger partial charge in [0.15, 0.2) is 5.78 Å². The smallest absolute Gasteiger partial charge is 0.177 e. The number of likely N-dealkylation sites (N-methyl/N-ethyl adjacent to an activating group) is 1. The standard InChI is InChI=1S/C16H20N2OS/c1-11-5-6-15(12(2)7-11)16(19)9-18(4)8-14-10-20-13(3)17-14/h5-7,10H,8-9H2,1-4H3. The van der Waals surface area contributed by atoms with Crippen LogP contribution < -0.4 is 0 Å². The molecule has 0 unspecified atom stereocenters. The second-order valence-corrected chi connectivity index (χ2v) is 6.33. The van der Waals surface area contributed by atoms with E-state index in [2.05, 4.69) is 11.1 Å². The van der Waals surface area contributed by atoms with E-state index in [-0.39, 0.29) is 5.78 Å². The molecule has 20 heavy (non-hydrogen) atoms. The van der Waals surface area contributed by atoms with Crippen molar-refractivity contribution in [3.63, 3.8) is 0 Å². The number of thiazole rings is 1. The van der Waals surface area contributed by atoms with Gasteiger partial charge in [0.2, 0.25) is 0 Å². The highest BCUT2D eigenvalue weighted by Gasteiger charge is 2.12. The minimum absolute atomic E-state index is 0.164. The number of hydrogen-bond acceptors (Lipinski definition) is 4. The second-order valence-electron chi connectivity index (χ2n) is 5.27. The van der Waals surface area contributed by atoms with Gasteiger partial charge in [-0.05, 0) is 33.4 Å². The zero-order valence-corrected chi connectivity index (χ0v) is 13.3. The normalized spacial score (nSPS) is 11.1. The predicted molar refractivity (Wildman–Crippen MR) is 83.4 cm³/mol. The molecule has 0 bridgehead atoms. The molecule has 0 saturated heterocycles. The van der Waals surface area contributed by atoms with Crippen LogP contribution in [0.3, 0.4) is 0 Å². The Hall–Kier alpha value is -1.52. The van der Waals surface area contributed by atoms with Crippen LogP contribution in [0.4, 0.5) is 0 Å². The Morgan fingerprint density at radius 2 is 2.05 bits per heavy atom. The van der Waals surface area contributed by atoms with E-state index in [9.17, 15) is 4.79 Å². The number of carbonyl (C=O) groups is 1. The van der Waals surface area contributed by atoms with Crippen LogP contribution in [-0.2, 0) is 6.54 Å². The molecule has 0 aliphatic carbocycles. The molecular weight excluding hydrogens is 268 g/mol. The Labute approximate surface area is 124 Å². The van der Waals surface area contributed by atoms with Gasteiger partial charge in [0.25, 0.3) is 0 Å². The number of benzene rings is 1. The summed E-state index contributed by atoms with van der Waals surface area (Å²) in [5.41, 5.74) is 4.08. The van der Waals surface area contributed by atoms with E-state index in [0.717, 1.165) is 21.8 Å². The maximum absolute atomic E-state index is 12.3. The topological polar surface area (TPSA) is 33.2 Å². The molecule has 2 rings (SSSR count). The van der Waals surface area contributed by atoms with Crippen molar-refractivity contribution >= 4 is 17.1 Å². The van der Waals surface area contributed by atoms with Crippen molar-refractivity contribution in [2.45, 2.75) is 27.3 Å². The largest absolute Gasteiger partial charge is 0.293 e. The second kappa shape index (κ2) is 6.29. The lowest BCUT2D eigenvalue weighted by molar-refractivity contribution is 0.0942. The maximum Gasteiger partial charge on any atom is 0.177 e. The number of Topliss-reactive ketones (excluding diaryl/α,β-unsaturated/α-hetero) is 1. The van der Waals surface area contributed by atoms with Gasteiger partial charge in [-0.2, -0.15) is 0 Å². The first-order chi connectivity index (χ1) is 9.45. The first-order valence-corrected chi connectivity index (χ1v) is 7.53. The summed E-state index contributed by atoms with van der Waals surface area (Å²) in [4.78, 5) is 18.8. The number of nitrogens with zero attached hydrogens (tertiary/aromatic N) is 2. The molecular formula is C16H20N2OS. The highest BCUT2D eigenvalue weighted by molar-refractivity contribution is 7.09. The van der Waals surface area contributed by atoms with Gasteiger partial charge in [-0.25, -0.2) is 4.98 Å². The molecule has 2 aromatic rings. The fraction of sp³-hybridized carbons (Fsp3) is 0.375. The lowest BCUT2D eigenvalue weighted by Gasteiger charge is -2.15. The first kappa shape index (κ1) is 14.9. The predicted octanol–water partition coefficient (Wildman–Crippen LogP) is 3.38. The summed E-state index contributed by atoms with van der Waals surface area (Å²) >= 11 is 1.64. The van der Waals surface area contributed by atoms with Gasteiger partial charge in [0, 0.05) is 17.5 Å². The average Bonchev–Trinajstić information content (AvgIpc) is 2.74. The summed E-state index contributed by atoms with van der Waals surface area (Å²) in [6.45, 7) is 7.15. The molecule has 0 radical (unpaired) electrons. The summed E-state index contributed by atoms with van der Waals surface area (Å²) in [5.74, 6) is 0.164. The molecule has 0 N–H and O–H groups in total. The fourth-order valence-corrected chi connectivity index (χ4v) is 2.87. The molecule has 106 valence electrons. The monoisotopic (exact) mass is 288 g/mol. The molecule has 0 saturated carbocycles. The van der Waals surface area contributed by atoms with Crippen molar-refractivity contribution in [2.24, 2.45) is 0 Å². The Balaban J connectivity index is 2.00. The van der Waals surface area contributed by atoms with E-state index in [1.54, 1.807) is 11.3 Å². The van der Waals surface area contributed by atoms with Gasteiger partial charge < -0.3 is 0 Å². The molecule has 4 heteroatoms. The molecule has 0 fully saturated rings. The highest BCUT2D eigenvalue weighted by atomic mass is 32.1. The Morgan fingerprint density at radius 3 is 2.65 bits per heavy atom. The molecule has 0 atom stereocenters. The zero-order valence-electron chi connectivity index (χ0n) is 12.4. The van der Waals surface area contributed by atoms with Crippen LogP contribution in [0.15, 0.2) is 23.6 Å². The molecule has 1 heterocycles. The SMILES string of the molecule is Cc1ccc(C(=O)CN(C)Cc2csc(C)n2)c(C)c1. The van der Waals surface area contributed by atoms with E-state index in [1.807, 2.05) is 50.2 Å². The third kappa shape index (κ3) is 3.74. The Morgan fingerprint density at radius 1 is 1.30 bits per heavy atom. The average molecular weight is 288 g/mol. The highest BCUT2D eigenvalue weighted by Crippen LogP contribution is 2.13. The third-order valence-corrected chi connectivity index (χ3v) is 4.02. The van der Waals surface area contributed by atoms with Crippen LogP contribution in [0.5, 0.6) is 0 Å². The van der Waals surface area contributed by atoms with E-state index in [4.69, 9.17) is 0 Å². The molecule has 0 spiro atoms. The van der Waals surface area contributed by atoms with Crippen molar-refractivity contribution in [1.82, 2.24) is 9.88 Å². The molecule has 0 aliphatic rings. The molecule has 1 aromatic carbocycles. The number of rotatable bonds is 5. The number of carbonyl (C=O) groups excluding carboxylic acids is 1. The summed E-state index contributed by atoms with van der Waals surface area (Å²) < 4.78 is 0. The van der Waals surface area contributed by atoms with Crippen LogP contribution in [0.1, 0.15) is 32.2 Å². The summed E-state index contributed by atoms with van der Waals surface area (Å²) in [6, 6.07) is 5.97. The third-order valence-electron chi connectivity index (χ3n) is 3.19.